The van der Waals surface area contributed by atoms with Crippen LogP contribution in [-0.2, 0) is 17.1 Å². The molecule has 8 nitrogen and oxygen atoms in total. The molecule has 0 bridgehead atoms. The van der Waals surface area contributed by atoms with Crippen molar-refractivity contribution in [2.45, 2.75) is 25.8 Å². The van der Waals surface area contributed by atoms with Crippen molar-refractivity contribution >= 4 is 33.2 Å². The largest absolute Gasteiger partial charge is 0.305 e. The number of imidazole rings is 1. The predicted molar refractivity (Wildman–Crippen MR) is 92.3 cm³/mol. The molecule has 3 aromatic heterocycles. The molecule has 0 aliphatic rings. The number of carbonyl (C=O) groups is 1. The van der Waals surface area contributed by atoms with Crippen molar-refractivity contribution in [2.75, 3.05) is 0 Å². The van der Waals surface area contributed by atoms with Gasteiger partial charge in [0, 0.05) is 30.7 Å². The van der Waals surface area contributed by atoms with Crippen LogP contribution in [0, 0.1) is 20.8 Å². The Morgan fingerprint density at radius 2 is 1.92 bits per heavy atom. The fraction of sp³-hybridized carbons (Fsp3) is 0.267. The Labute approximate surface area is 149 Å². The molecule has 0 aliphatic carbocycles. The number of carbonyl (C=O) groups excluding carboxylic acids is 1. The third-order valence-electron chi connectivity index (χ3n) is 3.95. The van der Waals surface area contributed by atoms with Crippen LogP contribution < -0.4 is 4.72 Å². The Bertz CT molecular complexity index is 1110. The van der Waals surface area contributed by atoms with Crippen molar-refractivity contribution in [3.05, 3.63) is 46.0 Å². The SMILES string of the molecule is Cc1cc(Cl)c2nc(C(=O)NS(=O)(=O)c3nn(C)c(C)c3C)cn2c1. The van der Waals surface area contributed by atoms with Gasteiger partial charge >= 0.3 is 0 Å². The minimum absolute atomic E-state index is 0.0543. The number of amides is 1. The van der Waals surface area contributed by atoms with Crippen molar-refractivity contribution in [1.29, 1.82) is 0 Å². The second kappa shape index (κ2) is 5.85. The maximum absolute atomic E-state index is 12.5. The summed E-state index contributed by atoms with van der Waals surface area (Å²) in [6.07, 6.45) is 3.17. The van der Waals surface area contributed by atoms with E-state index in [0.29, 0.717) is 21.9 Å². The van der Waals surface area contributed by atoms with E-state index >= 15 is 0 Å². The van der Waals surface area contributed by atoms with Gasteiger partial charge in [0.2, 0.25) is 5.03 Å². The van der Waals surface area contributed by atoms with Crippen LogP contribution in [0.4, 0.5) is 0 Å². The molecule has 3 heterocycles. The number of nitrogens with zero attached hydrogens (tertiary/aromatic N) is 4. The number of fused-ring (bicyclic) bond motifs is 1. The van der Waals surface area contributed by atoms with Crippen LogP contribution in [0.5, 0.6) is 0 Å². The summed E-state index contributed by atoms with van der Waals surface area (Å²) in [5.74, 6) is -0.847. The lowest BCUT2D eigenvalue weighted by molar-refractivity contribution is 0.0977. The second-order valence-corrected chi connectivity index (χ2v) is 7.80. The molecule has 3 aromatic rings. The van der Waals surface area contributed by atoms with E-state index in [1.54, 1.807) is 37.6 Å². The van der Waals surface area contributed by atoms with Crippen molar-refractivity contribution in [1.82, 2.24) is 23.9 Å². The molecular formula is C15H16ClN5O3S. The zero-order chi connectivity index (χ0) is 18.5. The molecule has 10 heteroatoms. The van der Waals surface area contributed by atoms with E-state index in [2.05, 4.69) is 10.1 Å². The van der Waals surface area contributed by atoms with Gasteiger partial charge in [-0.1, -0.05) is 11.6 Å². The average molecular weight is 382 g/mol. The fourth-order valence-electron chi connectivity index (χ4n) is 2.46. The molecule has 0 atom stereocenters. The van der Waals surface area contributed by atoms with E-state index in [1.807, 2.05) is 11.6 Å². The van der Waals surface area contributed by atoms with Crippen LogP contribution in [0.2, 0.25) is 5.02 Å². The molecule has 1 amide bonds. The summed E-state index contributed by atoms with van der Waals surface area (Å²) in [7, 11) is -2.47. The summed E-state index contributed by atoms with van der Waals surface area (Å²) in [4.78, 5) is 16.5. The quantitative estimate of drug-likeness (QED) is 0.745. The van der Waals surface area contributed by atoms with Crippen molar-refractivity contribution in [3.63, 3.8) is 0 Å². The van der Waals surface area contributed by atoms with Crippen molar-refractivity contribution in [3.8, 4) is 0 Å². The highest BCUT2D eigenvalue weighted by Crippen LogP contribution is 2.20. The molecule has 0 aliphatic heterocycles. The summed E-state index contributed by atoms with van der Waals surface area (Å²) in [5.41, 5.74) is 2.38. The van der Waals surface area contributed by atoms with E-state index in [9.17, 15) is 13.2 Å². The van der Waals surface area contributed by atoms with Gasteiger partial charge in [0.1, 0.15) is 5.69 Å². The summed E-state index contributed by atoms with van der Waals surface area (Å²) < 4.78 is 30.0. The first-order valence-electron chi connectivity index (χ1n) is 7.32. The smallest absolute Gasteiger partial charge is 0.285 e. The Kier molecular flexibility index (Phi) is 4.08. The first kappa shape index (κ1) is 17.4. The lowest BCUT2D eigenvalue weighted by Gasteiger charge is -2.03. The summed E-state index contributed by atoms with van der Waals surface area (Å²) in [6, 6.07) is 1.71. The Morgan fingerprint density at radius 3 is 2.52 bits per heavy atom. The molecule has 0 unspecified atom stereocenters. The Morgan fingerprint density at radius 1 is 1.24 bits per heavy atom. The highest BCUT2D eigenvalue weighted by Gasteiger charge is 2.26. The van der Waals surface area contributed by atoms with Crippen molar-refractivity contribution < 1.29 is 13.2 Å². The molecule has 0 radical (unpaired) electrons. The third kappa shape index (κ3) is 3.00. The normalized spacial score (nSPS) is 11.9. The summed E-state index contributed by atoms with van der Waals surface area (Å²) in [5, 5.41) is 4.16. The lowest BCUT2D eigenvalue weighted by atomic mass is 10.3. The Balaban J connectivity index is 1.96. The van der Waals surface area contributed by atoms with Gasteiger partial charge in [0.25, 0.3) is 15.9 Å². The van der Waals surface area contributed by atoms with Gasteiger partial charge in [-0.25, -0.2) is 9.71 Å². The van der Waals surface area contributed by atoms with E-state index < -0.39 is 15.9 Å². The maximum atomic E-state index is 12.5. The van der Waals surface area contributed by atoms with Gasteiger partial charge in [-0.15, -0.1) is 0 Å². The van der Waals surface area contributed by atoms with Gasteiger partial charge in [0.15, 0.2) is 5.65 Å². The van der Waals surface area contributed by atoms with E-state index in [1.165, 1.54) is 10.9 Å². The zero-order valence-electron chi connectivity index (χ0n) is 14.0. The Hall–Kier alpha value is -2.39. The molecule has 25 heavy (non-hydrogen) atoms. The second-order valence-electron chi connectivity index (χ2n) is 5.80. The van der Waals surface area contributed by atoms with Crippen molar-refractivity contribution in [2.24, 2.45) is 7.05 Å². The lowest BCUT2D eigenvalue weighted by Crippen LogP contribution is -2.31. The average Bonchev–Trinajstić information content (AvgIpc) is 3.04. The molecule has 0 fully saturated rings. The van der Waals surface area contributed by atoms with Crippen LogP contribution in [0.15, 0.2) is 23.5 Å². The molecule has 0 saturated heterocycles. The van der Waals surface area contributed by atoms with E-state index in [4.69, 9.17) is 11.6 Å². The monoisotopic (exact) mass is 381 g/mol. The van der Waals surface area contributed by atoms with Crippen LogP contribution >= 0.6 is 11.6 Å². The van der Waals surface area contributed by atoms with Gasteiger partial charge < -0.3 is 4.40 Å². The first-order valence-corrected chi connectivity index (χ1v) is 9.18. The molecular weight excluding hydrogens is 366 g/mol. The number of hydrogen-bond donors (Lipinski definition) is 1. The van der Waals surface area contributed by atoms with E-state index in [-0.39, 0.29) is 10.7 Å². The fourth-order valence-corrected chi connectivity index (χ4v) is 4.00. The number of rotatable bonds is 3. The van der Waals surface area contributed by atoms with Crippen LogP contribution in [0.25, 0.3) is 5.65 Å². The maximum Gasteiger partial charge on any atom is 0.285 e. The summed E-state index contributed by atoms with van der Waals surface area (Å²) in [6.45, 7) is 5.23. The minimum atomic E-state index is -4.11. The van der Waals surface area contributed by atoms with Gasteiger partial charge in [0.05, 0.1) is 5.02 Å². The van der Waals surface area contributed by atoms with Gasteiger partial charge in [-0.05, 0) is 32.4 Å². The third-order valence-corrected chi connectivity index (χ3v) is 5.58. The number of nitrogens with one attached hydrogen (secondary N) is 1. The zero-order valence-corrected chi connectivity index (χ0v) is 15.6. The molecule has 0 aromatic carbocycles. The minimum Gasteiger partial charge on any atom is -0.305 e. The molecule has 132 valence electrons. The number of pyridine rings is 1. The topological polar surface area (TPSA) is 98.4 Å². The first-order chi connectivity index (χ1) is 11.6. The number of halogens is 1. The molecule has 0 saturated carbocycles. The number of hydrogen-bond acceptors (Lipinski definition) is 5. The highest BCUT2D eigenvalue weighted by molar-refractivity contribution is 7.90. The van der Waals surface area contributed by atoms with Crippen LogP contribution in [0.1, 0.15) is 27.3 Å². The van der Waals surface area contributed by atoms with E-state index in [0.717, 1.165) is 5.56 Å². The predicted octanol–water partition coefficient (Wildman–Crippen LogP) is 1.77. The van der Waals surface area contributed by atoms with Crippen LogP contribution in [0.3, 0.4) is 0 Å². The van der Waals surface area contributed by atoms with Gasteiger partial charge in [-0.2, -0.15) is 13.5 Å². The number of sulfonamides is 1. The molecule has 0 spiro atoms. The standard InChI is InChI=1S/C15H16ClN5O3S/c1-8-5-11(16)13-17-12(7-21(13)6-8)14(22)19-25(23,24)15-9(2)10(3)20(4)18-15/h5-7H,1-4H3,(H,19,22). The number of aromatic nitrogens is 4. The van der Waals surface area contributed by atoms with Gasteiger partial charge in [-0.3, -0.25) is 9.48 Å². The molecule has 3 rings (SSSR count). The summed E-state index contributed by atoms with van der Waals surface area (Å²) >= 11 is 6.10. The highest BCUT2D eigenvalue weighted by atomic mass is 35.5. The number of aryl methyl sites for hydroxylation is 2. The van der Waals surface area contributed by atoms with Crippen LogP contribution in [-0.4, -0.2) is 33.5 Å². The molecule has 1 N–H and O–H groups in total.